The molecule has 6 nitrogen and oxygen atoms in total. The molecule has 0 heterocycles. The quantitative estimate of drug-likeness (QED) is 0.542. The topological polar surface area (TPSA) is 95.5 Å². The maximum atomic E-state index is 12.5. The van der Waals surface area contributed by atoms with E-state index in [2.05, 4.69) is 10.6 Å². The summed E-state index contributed by atoms with van der Waals surface area (Å²) in [6.07, 6.45) is 0.980. The molecule has 0 unspecified atom stereocenters. The van der Waals surface area contributed by atoms with E-state index in [1.165, 1.54) is 29.8 Å². The second kappa shape index (κ2) is 9.52. The summed E-state index contributed by atoms with van der Waals surface area (Å²) in [6, 6.07) is 20.6. The molecule has 6 heteroatoms. The van der Waals surface area contributed by atoms with Gasteiger partial charge >= 0.3 is 5.97 Å². The zero-order valence-electron chi connectivity index (χ0n) is 16.5. The van der Waals surface area contributed by atoms with Gasteiger partial charge in [0.05, 0.1) is 5.56 Å². The molecule has 0 aliphatic rings. The van der Waals surface area contributed by atoms with Crippen molar-refractivity contribution >= 4 is 29.2 Å². The van der Waals surface area contributed by atoms with Crippen molar-refractivity contribution in [3.8, 4) is 0 Å². The highest BCUT2D eigenvalue weighted by Gasteiger charge is 2.10. The number of amides is 2. The molecule has 0 saturated heterocycles. The molecule has 0 spiro atoms. The molecular weight excluding hydrogens is 380 g/mol. The van der Waals surface area contributed by atoms with Crippen LogP contribution in [0.1, 0.15) is 38.3 Å². The Balaban J connectivity index is 1.57. The number of hydrogen-bond acceptors (Lipinski definition) is 3. The van der Waals surface area contributed by atoms with E-state index in [1.54, 1.807) is 24.3 Å². The van der Waals surface area contributed by atoms with Crippen LogP contribution in [-0.4, -0.2) is 22.9 Å². The summed E-state index contributed by atoms with van der Waals surface area (Å²) in [6.45, 7) is 2.02. The number of aromatic carboxylic acids is 1. The van der Waals surface area contributed by atoms with Crippen LogP contribution in [0.5, 0.6) is 0 Å². The monoisotopic (exact) mass is 402 g/mol. The molecule has 0 aliphatic carbocycles. The summed E-state index contributed by atoms with van der Waals surface area (Å²) < 4.78 is 0. The summed E-state index contributed by atoms with van der Waals surface area (Å²) >= 11 is 0. The van der Waals surface area contributed by atoms with E-state index in [1.807, 2.05) is 31.2 Å². The van der Waals surface area contributed by atoms with Crippen LogP contribution in [-0.2, 0) is 11.2 Å². The Morgan fingerprint density at radius 3 is 2.17 bits per heavy atom. The third-order valence-electron chi connectivity index (χ3n) is 4.56. The smallest absolute Gasteiger partial charge is 0.335 e. The van der Waals surface area contributed by atoms with Crippen molar-refractivity contribution in [1.82, 2.24) is 0 Å². The first-order valence-corrected chi connectivity index (χ1v) is 9.51. The molecule has 0 atom stereocenters. The SMILES string of the molecule is Cc1ccc(CCC(=O)Nc2cccc(C(=O)Nc3ccc(C(=O)O)cc3)c2)cc1. The van der Waals surface area contributed by atoms with Gasteiger partial charge in [0.2, 0.25) is 5.91 Å². The summed E-state index contributed by atoms with van der Waals surface area (Å²) in [7, 11) is 0. The fourth-order valence-corrected chi connectivity index (χ4v) is 2.87. The van der Waals surface area contributed by atoms with Crippen LogP contribution < -0.4 is 10.6 Å². The second-order valence-electron chi connectivity index (χ2n) is 6.95. The third-order valence-corrected chi connectivity index (χ3v) is 4.56. The van der Waals surface area contributed by atoms with E-state index >= 15 is 0 Å². The van der Waals surface area contributed by atoms with Crippen molar-refractivity contribution in [2.75, 3.05) is 10.6 Å². The molecule has 0 aliphatic heterocycles. The van der Waals surface area contributed by atoms with Gasteiger partial charge in [-0.25, -0.2) is 4.79 Å². The largest absolute Gasteiger partial charge is 0.478 e. The van der Waals surface area contributed by atoms with Gasteiger partial charge in [0.15, 0.2) is 0 Å². The second-order valence-corrected chi connectivity index (χ2v) is 6.95. The van der Waals surface area contributed by atoms with Gasteiger partial charge in [-0.2, -0.15) is 0 Å². The van der Waals surface area contributed by atoms with Crippen LogP contribution in [0.2, 0.25) is 0 Å². The number of rotatable bonds is 7. The van der Waals surface area contributed by atoms with Gasteiger partial charge in [0, 0.05) is 23.4 Å². The predicted molar refractivity (Wildman–Crippen MR) is 116 cm³/mol. The van der Waals surface area contributed by atoms with Gasteiger partial charge in [0.25, 0.3) is 5.91 Å². The maximum absolute atomic E-state index is 12.5. The molecule has 0 aromatic heterocycles. The van der Waals surface area contributed by atoms with Crippen molar-refractivity contribution in [3.63, 3.8) is 0 Å². The molecule has 0 radical (unpaired) electrons. The minimum absolute atomic E-state index is 0.127. The van der Waals surface area contributed by atoms with E-state index in [4.69, 9.17) is 5.11 Å². The van der Waals surface area contributed by atoms with Gasteiger partial charge in [0.1, 0.15) is 0 Å². The van der Waals surface area contributed by atoms with Crippen molar-refractivity contribution in [3.05, 3.63) is 95.1 Å². The van der Waals surface area contributed by atoms with Crippen LogP contribution in [0.15, 0.2) is 72.8 Å². The first kappa shape index (κ1) is 20.8. The molecule has 0 bridgehead atoms. The average Bonchev–Trinajstić information content (AvgIpc) is 2.74. The number of aryl methyl sites for hydroxylation is 2. The number of anilines is 2. The number of carbonyl (C=O) groups is 3. The van der Waals surface area contributed by atoms with Crippen molar-refractivity contribution in [2.24, 2.45) is 0 Å². The molecule has 3 aromatic carbocycles. The summed E-state index contributed by atoms with van der Waals surface area (Å²) in [4.78, 5) is 35.6. The zero-order chi connectivity index (χ0) is 21.5. The minimum Gasteiger partial charge on any atom is -0.478 e. The molecule has 3 aromatic rings. The standard InChI is InChI=1S/C24H22N2O4/c1-16-5-7-17(8-6-16)9-14-22(27)25-21-4-2-3-19(15-21)23(28)26-20-12-10-18(11-13-20)24(29)30/h2-8,10-13,15H,9,14H2,1H3,(H,25,27)(H,26,28)(H,29,30). The highest BCUT2D eigenvalue weighted by molar-refractivity contribution is 6.05. The number of nitrogens with one attached hydrogen (secondary N) is 2. The van der Waals surface area contributed by atoms with E-state index < -0.39 is 5.97 Å². The van der Waals surface area contributed by atoms with Gasteiger partial charge in [-0.05, 0) is 61.4 Å². The van der Waals surface area contributed by atoms with Crippen LogP contribution in [0.25, 0.3) is 0 Å². The predicted octanol–water partition coefficient (Wildman–Crippen LogP) is 4.52. The normalized spacial score (nSPS) is 10.3. The maximum Gasteiger partial charge on any atom is 0.335 e. The fourth-order valence-electron chi connectivity index (χ4n) is 2.87. The lowest BCUT2D eigenvalue weighted by molar-refractivity contribution is -0.116. The lowest BCUT2D eigenvalue weighted by Gasteiger charge is -2.09. The number of benzene rings is 3. The summed E-state index contributed by atoms with van der Waals surface area (Å²) in [5, 5.41) is 14.5. The minimum atomic E-state index is -1.03. The van der Waals surface area contributed by atoms with Gasteiger partial charge in [-0.15, -0.1) is 0 Å². The first-order chi connectivity index (χ1) is 14.4. The lowest BCUT2D eigenvalue weighted by atomic mass is 10.1. The molecule has 0 saturated carbocycles. The fraction of sp³-hybridized carbons (Fsp3) is 0.125. The number of carboxylic acid groups (broad SMARTS) is 1. The van der Waals surface area contributed by atoms with Gasteiger partial charge < -0.3 is 15.7 Å². The number of hydrogen-bond donors (Lipinski definition) is 3. The van der Waals surface area contributed by atoms with Crippen molar-refractivity contribution in [2.45, 2.75) is 19.8 Å². The Bertz CT molecular complexity index is 1060. The molecule has 2 amide bonds. The van der Waals surface area contributed by atoms with Crippen molar-refractivity contribution in [1.29, 1.82) is 0 Å². The molecular formula is C24H22N2O4. The average molecular weight is 402 g/mol. The van der Waals surface area contributed by atoms with Crippen LogP contribution in [0.4, 0.5) is 11.4 Å². The molecule has 3 rings (SSSR count). The van der Waals surface area contributed by atoms with E-state index in [0.29, 0.717) is 29.8 Å². The molecule has 3 N–H and O–H groups in total. The molecule has 0 fully saturated rings. The van der Waals surface area contributed by atoms with Crippen molar-refractivity contribution < 1.29 is 19.5 Å². The molecule has 30 heavy (non-hydrogen) atoms. The Labute approximate surface area is 174 Å². The Morgan fingerprint density at radius 2 is 1.50 bits per heavy atom. The van der Waals surface area contributed by atoms with Gasteiger partial charge in [-0.1, -0.05) is 35.9 Å². The van der Waals surface area contributed by atoms with Crippen LogP contribution in [0.3, 0.4) is 0 Å². The number of carboxylic acids is 1. The number of carbonyl (C=O) groups excluding carboxylic acids is 2. The van der Waals surface area contributed by atoms with E-state index in [9.17, 15) is 14.4 Å². The Morgan fingerprint density at radius 1 is 0.800 bits per heavy atom. The first-order valence-electron chi connectivity index (χ1n) is 9.51. The van der Waals surface area contributed by atoms with Gasteiger partial charge in [-0.3, -0.25) is 9.59 Å². The van der Waals surface area contributed by atoms with E-state index in [0.717, 1.165) is 5.56 Å². The molecule has 152 valence electrons. The highest BCUT2D eigenvalue weighted by atomic mass is 16.4. The van der Waals surface area contributed by atoms with Crippen LogP contribution in [0, 0.1) is 6.92 Å². The summed E-state index contributed by atoms with van der Waals surface area (Å²) in [5.41, 5.74) is 3.82. The summed E-state index contributed by atoms with van der Waals surface area (Å²) in [5.74, 6) is -1.51. The van der Waals surface area contributed by atoms with Crippen LogP contribution >= 0.6 is 0 Å². The highest BCUT2D eigenvalue weighted by Crippen LogP contribution is 2.15. The third kappa shape index (κ3) is 5.78. The Kier molecular flexibility index (Phi) is 6.60. The zero-order valence-corrected chi connectivity index (χ0v) is 16.5. The van der Waals surface area contributed by atoms with E-state index in [-0.39, 0.29) is 17.4 Å². The lowest BCUT2D eigenvalue weighted by Crippen LogP contribution is -2.15. The Hall–Kier alpha value is -3.93.